The molecular formula is C9H18N2O3. The molecular weight excluding hydrogens is 184 g/mol. The van der Waals surface area contributed by atoms with Gasteiger partial charge in [-0.05, 0) is 12.8 Å². The fraction of sp³-hybridized carbons (Fsp3) is 0.778. The molecule has 2 unspecified atom stereocenters. The molecule has 0 aromatic carbocycles. The van der Waals surface area contributed by atoms with Gasteiger partial charge in [0.2, 0.25) is 5.91 Å². The Morgan fingerprint density at radius 1 is 1.50 bits per heavy atom. The largest absolute Gasteiger partial charge is 0.481 e. The summed E-state index contributed by atoms with van der Waals surface area (Å²) in [6.07, 6.45) is 0.807. The standard InChI is InChI=1S/C9H18N2O3/c1-3-7(4-8(12)13)5-11-9(14)6(2)10/h6-7H,3-5,10H2,1-2H3,(H,11,14)(H,12,13). The molecule has 0 radical (unpaired) electrons. The highest BCUT2D eigenvalue weighted by Gasteiger charge is 2.13. The minimum absolute atomic E-state index is 0.0183. The molecule has 82 valence electrons. The highest BCUT2D eigenvalue weighted by atomic mass is 16.4. The molecule has 0 bridgehead atoms. The quantitative estimate of drug-likeness (QED) is 0.563. The van der Waals surface area contributed by atoms with Crippen LogP contribution in [0.25, 0.3) is 0 Å². The van der Waals surface area contributed by atoms with Gasteiger partial charge in [0.1, 0.15) is 0 Å². The fourth-order valence-electron chi connectivity index (χ4n) is 1.01. The lowest BCUT2D eigenvalue weighted by atomic mass is 10.0. The monoisotopic (exact) mass is 202 g/mol. The molecule has 0 saturated heterocycles. The molecule has 5 heteroatoms. The van der Waals surface area contributed by atoms with Gasteiger partial charge in [-0.1, -0.05) is 13.3 Å². The number of carbonyl (C=O) groups is 2. The van der Waals surface area contributed by atoms with Gasteiger partial charge in [-0.3, -0.25) is 9.59 Å². The van der Waals surface area contributed by atoms with Gasteiger partial charge in [0.25, 0.3) is 0 Å². The highest BCUT2D eigenvalue weighted by molar-refractivity contribution is 5.81. The lowest BCUT2D eigenvalue weighted by molar-refractivity contribution is -0.138. The average molecular weight is 202 g/mol. The number of amides is 1. The number of carboxylic acids is 1. The van der Waals surface area contributed by atoms with Crippen LogP contribution in [0.4, 0.5) is 0 Å². The second-order valence-corrected chi connectivity index (χ2v) is 3.41. The van der Waals surface area contributed by atoms with Gasteiger partial charge < -0.3 is 16.2 Å². The molecule has 14 heavy (non-hydrogen) atoms. The normalized spacial score (nSPS) is 14.5. The van der Waals surface area contributed by atoms with E-state index in [2.05, 4.69) is 5.32 Å². The van der Waals surface area contributed by atoms with E-state index >= 15 is 0 Å². The van der Waals surface area contributed by atoms with Gasteiger partial charge >= 0.3 is 5.97 Å². The molecule has 0 spiro atoms. The summed E-state index contributed by atoms with van der Waals surface area (Å²) in [5.74, 6) is -1.10. The number of nitrogens with one attached hydrogen (secondary N) is 1. The van der Waals surface area contributed by atoms with Crippen LogP contribution >= 0.6 is 0 Å². The van der Waals surface area contributed by atoms with E-state index in [1.807, 2.05) is 6.92 Å². The first-order chi connectivity index (χ1) is 6.47. The van der Waals surface area contributed by atoms with E-state index in [9.17, 15) is 9.59 Å². The molecule has 0 heterocycles. The summed E-state index contributed by atoms with van der Waals surface area (Å²) in [4.78, 5) is 21.5. The maximum atomic E-state index is 11.1. The molecule has 1 amide bonds. The Morgan fingerprint density at radius 3 is 2.43 bits per heavy atom. The number of aliphatic carboxylic acids is 1. The first-order valence-corrected chi connectivity index (χ1v) is 4.72. The summed E-state index contributed by atoms with van der Waals surface area (Å²) < 4.78 is 0. The van der Waals surface area contributed by atoms with Crippen molar-refractivity contribution in [2.24, 2.45) is 11.7 Å². The van der Waals surface area contributed by atoms with Crippen molar-refractivity contribution >= 4 is 11.9 Å². The third kappa shape index (κ3) is 5.53. The van der Waals surface area contributed by atoms with E-state index < -0.39 is 12.0 Å². The van der Waals surface area contributed by atoms with Crippen LogP contribution in [-0.2, 0) is 9.59 Å². The molecule has 0 fully saturated rings. The zero-order chi connectivity index (χ0) is 11.1. The van der Waals surface area contributed by atoms with Gasteiger partial charge in [0.05, 0.1) is 6.04 Å². The maximum Gasteiger partial charge on any atom is 0.303 e. The molecule has 0 aromatic rings. The zero-order valence-corrected chi connectivity index (χ0v) is 8.62. The van der Waals surface area contributed by atoms with Crippen LogP contribution in [0.15, 0.2) is 0 Å². The second-order valence-electron chi connectivity index (χ2n) is 3.41. The van der Waals surface area contributed by atoms with Crippen LogP contribution in [0.3, 0.4) is 0 Å². The third-order valence-electron chi connectivity index (χ3n) is 2.02. The van der Waals surface area contributed by atoms with Crippen LogP contribution in [-0.4, -0.2) is 29.6 Å². The molecule has 5 nitrogen and oxygen atoms in total. The van der Waals surface area contributed by atoms with Crippen molar-refractivity contribution in [2.75, 3.05) is 6.54 Å². The average Bonchev–Trinajstić information content (AvgIpc) is 2.10. The predicted octanol–water partition coefficient (Wildman–Crippen LogP) is -0.0493. The van der Waals surface area contributed by atoms with Gasteiger partial charge in [-0.15, -0.1) is 0 Å². The Hall–Kier alpha value is -1.10. The van der Waals surface area contributed by atoms with Crippen molar-refractivity contribution in [1.29, 1.82) is 0 Å². The van der Waals surface area contributed by atoms with Crippen LogP contribution in [0.2, 0.25) is 0 Å². The molecule has 0 aliphatic carbocycles. The fourth-order valence-corrected chi connectivity index (χ4v) is 1.01. The Bertz CT molecular complexity index is 204. The molecule has 0 aliphatic heterocycles. The molecule has 2 atom stereocenters. The summed E-state index contributed by atoms with van der Waals surface area (Å²) in [5, 5.41) is 11.2. The number of hydrogen-bond acceptors (Lipinski definition) is 3. The van der Waals surface area contributed by atoms with Gasteiger partial charge in [0, 0.05) is 13.0 Å². The second kappa shape index (κ2) is 6.37. The highest BCUT2D eigenvalue weighted by Crippen LogP contribution is 2.06. The molecule has 4 N–H and O–H groups in total. The SMILES string of the molecule is CCC(CNC(=O)C(C)N)CC(=O)O. The van der Waals surface area contributed by atoms with Crippen molar-refractivity contribution in [3.05, 3.63) is 0 Å². The van der Waals surface area contributed by atoms with Gasteiger partial charge in [-0.25, -0.2) is 0 Å². The third-order valence-corrected chi connectivity index (χ3v) is 2.02. The van der Waals surface area contributed by atoms with Crippen molar-refractivity contribution < 1.29 is 14.7 Å². The van der Waals surface area contributed by atoms with Gasteiger partial charge in [-0.2, -0.15) is 0 Å². The summed E-state index contributed by atoms with van der Waals surface area (Å²) in [6.45, 7) is 3.86. The maximum absolute atomic E-state index is 11.1. The number of carbonyl (C=O) groups excluding carboxylic acids is 1. The van der Waals surface area contributed by atoms with Crippen molar-refractivity contribution in [2.45, 2.75) is 32.7 Å². The number of hydrogen-bond donors (Lipinski definition) is 3. The summed E-state index contributed by atoms with van der Waals surface area (Å²) in [6, 6.07) is -0.544. The van der Waals surface area contributed by atoms with E-state index in [-0.39, 0.29) is 18.2 Å². The Labute approximate surface area is 83.7 Å². The van der Waals surface area contributed by atoms with Crippen molar-refractivity contribution in [3.63, 3.8) is 0 Å². The lowest BCUT2D eigenvalue weighted by Gasteiger charge is -2.14. The van der Waals surface area contributed by atoms with E-state index in [1.54, 1.807) is 6.92 Å². The van der Waals surface area contributed by atoms with E-state index in [4.69, 9.17) is 10.8 Å². The Kier molecular flexibility index (Phi) is 5.87. The topological polar surface area (TPSA) is 92.4 Å². The van der Waals surface area contributed by atoms with Crippen molar-refractivity contribution in [1.82, 2.24) is 5.32 Å². The summed E-state index contributed by atoms with van der Waals surface area (Å²) >= 11 is 0. The zero-order valence-electron chi connectivity index (χ0n) is 8.62. The number of nitrogens with two attached hydrogens (primary N) is 1. The lowest BCUT2D eigenvalue weighted by Crippen LogP contribution is -2.40. The number of rotatable bonds is 6. The molecule has 0 aliphatic rings. The van der Waals surface area contributed by atoms with E-state index in [0.717, 1.165) is 6.42 Å². The smallest absolute Gasteiger partial charge is 0.303 e. The first kappa shape index (κ1) is 12.9. The predicted molar refractivity (Wildman–Crippen MR) is 52.7 cm³/mol. The van der Waals surface area contributed by atoms with Crippen LogP contribution in [0.1, 0.15) is 26.7 Å². The summed E-state index contributed by atoms with van der Waals surface area (Å²) in [5.41, 5.74) is 5.34. The molecule has 0 saturated carbocycles. The van der Waals surface area contributed by atoms with Crippen LogP contribution < -0.4 is 11.1 Å². The van der Waals surface area contributed by atoms with E-state index in [0.29, 0.717) is 6.54 Å². The van der Waals surface area contributed by atoms with Crippen LogP contribution in [0, 0.1) is 5.92 Å². The van der Waals surface area contributed by atoms with Crippen LogP contribution in [0.5, 0.6) is 0 Å². The molecule has 0 rings (SSSR count). The summed E-state index contributed by atoms with van der Waals surface area (Å²) in [7, 11) is 0. The van der Waals surface area contributed by atoms with Gasteiger partial charge in [0.15, 0.2) is 0 Å². The van der Waals surface area contributed by atoms with Crippen molar-refractivity contribution in [3.8, 4) is 0 Å². The first-order valence-electron chi connectivity index (χ1n) is 4.72. The minimum atomic E-state index is -0.841. The molecule has 0 aromatic heterocycles. The van der Waals surface area contributed by atoms with E-state index in [1.165, 1.54) is 0 Å². The minimum Gasteiger partial charge on any atom is -0.481 e. The Morgan fingerprint density at radius 2 is 2.07 bits per heavy atom. The Balaban J connectivity index is 3.83. The number of carboxylic acid groups (broad SMARTS) is 1.